The van der Waals surface area contributed by atoms with Crippen LogP contribution in [0, 0.1) is 6.92 Å². The summed E-state index contributed by atoms with van der Waals surface area (Å²) in [6.07, 6.45) is 0. The lowest BCUT2D eigenvalue weighted by Gasteiger charge is -2.03. The van der Waals surface area contributed by atoms with Gasteiger partial charge in [0.2, 0.25) is 0 Å². The maximum atomic E-state index is 12.5. The van der Waals surface area contributed by atoms with Crippen molar-refractivity contribution in [1.82, 2.24) is 15.0 Å². The van der Waals surface area contributed by atoms with E-state index in [4.69, 9.17) is 4.42 Å². The molecule has 0 unspecified atom stereocenters. The lowest BCUT2D eigenvalue weighted by Crippen LogP contribution is -2.19. The molecule has 0 saturated carbocycles. The van der Waals surface area contributed by atoms with E-state index in [1.165, 1.54) is 0 Å². The first-order valence-corrected chi connectivity index (χ1v) is 8.87. The third-order valence-corrected chi connectivity index (χ3v) is 4.62. The normalized spacial score (nSPS) is 12.0. The van der Waals surface area contributed by atoms with Crippen LogP contribution in [0.2, 0.25) is 0 Å². The number of para-hydroxylation sites is 1. The average Bonchev–Trinajstić information content (AvgIpc) is 3.24. The van der Waals surface area contributed by atoms with Crippen molar-refractivity contribution in [1.29, 1.82) is 0 Å². The number of fused-ring (bicyclic) bond motifs is 2. The number of imidazole rings is 1. The molecule has 1 N–H and O–H groups in total. The molecule has 0 fully saturated rings. The Kier molecular flexibility index (Phi) is 4.24. The SMILES string of the molecule is CCn1c(C)nc2cc(C(=O)N/N=C(\C)c3cc4ccccc4o3)ccc21. The van der Waals surface area contributed by atoms with Crippen LogP contribution in [0.25, 0.3) is 22.0 Å². The summed E-state index contributed by atoms with van der Waals surface area (Å²) < 4.78 is 7.87. The van der Waals surface area contributed by atoms with Gasteiger partial charge in [0.05, 0.1) is 11.0 Å². The summed E-state index contributed by atoms with van der Waals surface area (Å²) in [7, 11) is 0. The highest BCUT2D eigenvalue weighted by Gasteiger charge is 2.11. The number of carbonyl (C=O) groups is 1. The third kappa shape index (κ3) is 3.10. The molecule has 1 amide bonds. The van der Waals surface area contributed by atoms with Gasteiger partial charge >= 0.3 is 0 Å². The molecule has 136 valence electrons. The molecule has 2 aromatic carbocycles. The molecule has 0 aliphatic heterocycles. The Hall–Kier alpha value is -3.41. The molecular formula is C21H20N4O2. The summed E-state index contributed by atoms with van der Waals surface area (Å²) in [6.45, 7) is 6.68. The molecule has 6 heteroatoms. The monoisotopic (exact) mass is 360 g/mol. The Labute approximate surface area is 156 Å². The van der Waals surface area contributed by atoms with Crippen LogP contribution in [0.5, 0.6) is 0 Å². The van der Waals surface area contributed by atoms with E-state index in [2.05, 4.69) is 27.0 Å². The Morgan fingerprint density at radius 2 is 2.04 bits per heavy atom. The molecule has 0 aliphatic rings. The first-order valence-electron chi connectivity index (χ1n) is 8.87. The van der Waals surface area contributed by atoms with Crippen molar-refractivity contribution in [3.05, 3.63) is 65.7 Å². The fourth-order valence-electron chi connectivity index (χ4n) is 3.21. The summed E-state index contributed by atoms with van der Waals surface area (Å²) in [5.41, 5.74) is 6.34. The van der Waals surface area contributed by atoms with Crippen LogP contribution in [-0.2, 0) is 6.54 Å². The highest BCUT2D eigenvalue weighted by atomic mass is 16.3. The van der Waals surface area contributed by atoms with Crippen molar-refractivity contribution in [3.63, 3.8) is 0 Å². The zero-order valence-corrected chi connectivity index (χ0v) is 15.5. The lowest BCUT2D eigenvalue weighted by molar-refractivity contribution is 0.0955. The van der Waals surface area contributed by atoms with Crippen LogP contribution in [0.1, 0.15) is 35.8 Å². The minimum Gasteiger partial charge on any atom is -0.455 e. The van der Waals surface area contributed by atoms with Gasteiger partial charge in [0.25, 0.3) is 5.91 Å². The molecule has 0 saturated heterocycles. The quantitative estimate of drug-likeness (QED) is 0.436. The van der Waals surface area contributed by atoms with Crippen molar-refractivity contribution >= 4 is 33.6 Å². The summed E-state index contributed by atoms with van der Waals surface area (Å²) >= 11 is 0. The van der Waals surface area contributed by atoms with Crippen molar-refractivity contribution in [2.24, 2.45) is 5.10 Å². The highest BCUT2D eigenvalue weighted by Crippen LogP contribution is 2.20. The maximum Gasteiger partial charge on any atom is 0.271 e. The fraction of sp³-hybridized carbons (Fsp3) is 0.190. The minimum absolute atomic E-state index is 0.281. The molecular weight excluding hydrogens is 340 g/mol. The number of nitrogens with one attached hydrogen (secondary N) is 1. The van der Waals surface area contributed by atoms with Gasteiger partial charge < -0.3 is 8.98 Å². The van der Waals surface area contributed by atoms with Gasteiger partial charge in [0, 0.05) is 17.5 Å². The van der Waals surface area contributed by atoms with Crippen molar-refractivity contribution in [2.75, 3.05) is 0 Å². The zero-order valence-electron chi connectivity index (χ0n) is 15.5. The Morgan fingerprint density at radius 3 is 2.81 bits per heavy atom. The Balaban J connectivity index is 1.56. The molecule has 0 radical (unpaired) electrons. The van der Waals surface area contributed by atoms with E-state index in [9.17, 15) is 4.79 Å². The van der Waals surface area contributed by atoms with Gasteiger partial charge in [-0.3, -0.25) is 4.79 Å². The number of carbonyl (C=O) groups excluding carboxylic acids is 1. The smallest absolute Gasteiger partial charge is 0.271 e. The molecule has 2 aromatic heterocycles. The summed E-state index contributed by atoms with van der Waals surface area (Å²) in [4.78, 5) is 17.0. The van der Waals surface area contributed by atoms with E-state index in [0.717, 1.165) is 34.4 Å². The fourth-order valence-corrected chi connectivity index (χ4v) is 3.21. The van der Waals surface area contributed by atoms with E-state index >= 15 is 0 Å². The number of aryl methyl sites for hydroxylation is 2. The van der Waals surface area contributed by atoms with E-state index in [-0.39, 0.29) is 5.91 Å². The first-order chi connectivity index (χ1) is 13.1. The predicted octanol–water partition coefficient (Wildman–Crippen LogP) is 4.26. The predicted molar refractivity (Wildman–Crippen MR) is 106 cm³/mol. The summed E-state index contributed by atoms with van der Waals surface area (Å²) in [5.74, 6) is 1.28. The zero-order chi connectivity index (χ0) is 19.0. The number of benzene rings is 2. The third-order valence-electron chi connectivity index (χ3n) is 4.62. The summed E-state index contributed by atoms with van der Waals surface area (Å²) in [6, 6.07) is 15.1. The van der Waals surface area contributed by atoms with Gasteiger partial charge in [-0.05, 0) is 51.1 Å². The minimum atomic E-state index is -0.281. The number of rotatable bonds is 4. The van der Waals surface area contributed by atoms with E-state index in [0.29, 0.717) is 17.0 Å². The van der Waals surface area contributed by atoms with Gasteiger partial charge in [0.15, 0.2) is 5.76 Å². The van der Waals surface area contributed by atoms with Gasteiger partial charge in [0.1, 0.15) is 17.1 Å². The van der Waals surface area contributed by atoms with Crippen molar-refractivity contribution in [3.8, 4) is 0 Å². The van der Waals surface area contributed by atoms with Crippen molar-refractivity contribution in [2.45, 2.75) is 27.3 Å². The number of furan rings is 1. The molecule has 4 rings (SSSR count). The molecule has 0 spiro atoms. The second-order valence-corrected chi connectivity index (χ2v) is 6.39. The first kappa shape index (κ1) is 17.0. The van der Waals surface area contributed by atoms with E-state index in [1.54, 1.807) is 19.1 Å². The number of hydrogen-bond donors (Lipinski definition) is 1. The number of nitrogens with zero attached hydrogens (tertiary/aromatic N) is 3. The Bertz CT molecular complexity index is 1150. The number of hydrogen-bond acceptors (Lipinski definition) is 4. The van der Waals surface area contributed by atoms with Gasteiger partial charge in [-0.1, -0.05) is 18.2 Å². The molecule has 4 aromatic rings. The van der Waals surface area contributed by atoms with Crippen LogP contribution in [0.15, 0.2) is 58.0 Å². The number of hydrazone groups is 1. The lowest BCUT2D eigenvalue weighted by atomic mass is 10.2. The topological polar surface area (TPSA) is 72.4 Å². The van der Waals surface area contributed by atoms with Gasteiger partial charge in [-0.25, -0.2) is 10.4 Å². The van der Waals surface area contributed by atoms with Gasteiger partial charge in [-0.2, -0.15) is 5.10 Å². The number of aromatic nitrogens is 2. The van der Waals surface area contributed by atoms with Crippen LogP contribution in [-0.4, -0.2) is 21.2 Å². The van der Waals surface area contributed by atoms with Crippen LogP contribution in [0.3, 0.4) is 0 Å². The molecule has 0 atom stereocenters. The van der Waals surface area contributed by atoms with Crippen LogP contribution >= 0.6 is 0 Å². The molecule has 6 nitrogen and oxygen atoms in total. The van der Waals surface area contributed by atoms with Crippen molar-refractivity contribution < 1.29 is 9.21 Å². The molecule has 2 heterocycles. The second kappa shape index (κ2) is 6.72. The summed E-state index contributed by atoms with van der Waals surface area (Å²) in [5, 5.41) is 5.18. The van der Waals surface area contributed by atoms with E-state index in [1.807, 2.05) is 43.3 Å². The molecule has 0 bridgehead atoms. The maximum absolute atomic E-state index is 12.5. The van der Waals surface area contributed by atoms with Crippen LogP contribution in [0.4, 0.5) is 0 Å². The largest absolute Gasteiger partial charge is 0.455 e. The van der Waals surface area contributed by atoms with E-state index < -0.39 is 0 Å². The van der Waals surface area contributed by atoms with Crippen LogP contribution < -0.4 is 5.43 Å². The highest BCUT2D eigenvalue weighted by molar-refractivity contribution is 6.02. The molecule has 27 heavy (non-hydrogen) atoms. The van der Waals surface area contributed by atoms with Gasteiger partial charge in [-0.15, -0.1) is 0 Å². The number of amides is 1. The average molecular weight is 360 g/mol. The Morgan fingerprint density at radius 1 is 1.22 bits per heavy atom. The standard InChI is InChI=1S/C21H20N4O2/c1-4-25-14(3)22-17-11-16(9-10-18(17)25)21(26)24-23-13(2)20-12-15-7-5-6-8-19(15)27-20/h5-12H,4H2,1-3H3,(H,24,26)/b23-13+. The molecule has 0 aliphatic carbocycles. The second-order valence-electron chi connectivity index (χ2n) is 6.39.